The number of hydrogen-bond acceptors (Lipinski definition) is 3. The van der Waals surface area contributed by atoms with Crippen LogP contribution in [0.4, 0.5) is 0 Å². The van der Waals surface area contributed by atoms with Gasteiger partial charge in [-0.1, -0.05) is 55.3 Å². The summed E-state index contributed by atoms with van der Waals surface area (Å²) in [4.78, 5) is 2.65. The molecule has 2 bridgehead atoms. The summed E-state index contributed by atoms with van der Waals surface area (Å²) >= 11 is 0. The molecule has 0 radical (unpaired) electrons. The molecule has 2 heterocycles. The molecule has 2 fully saturated rings. The van der Waals surface area contributed by atoms with Crippen LogP contribution < -0.4 is 0 Å². The largest absolute Gasteiger partial charge is 0.507 e. The number of fused-ring (bicyclic) bond motifs is 2. The predicted molar refractivity (Wildman–Crippen MR) is 105 cm³/mol. The maximum Gasteiger partial charge on any atom is 0.123 e. The van der Waals surface area contributed by atoms with Crippen molar-refractivity contribution >= 4 is 5.57 Å². The molecule has 3 heteroatoms. The SMILES string of the molecule is Oc1ccccc1C(=CCN1C2CCCC1CCC2)c1ccccc1O. The molecule has 0 unspecified atom stereocenters. The predicted octanol–water partition coefficient (Wildman–Crippen LogP) is 4.94. The summed E-state index contributed by atoms with van der Waals surface area (Å²) in [6.07, 6.45) is 10.1. The highest BCUT2D eigenvalue weighted by molar-refractivity contribution is 5.85. The summed E-state index contributed by atoms with van der Waals surface area (Å²) in [7, 11) is 0. The second-order valence-electron chi connectivity index (χ2n) is 7.52. The highest BCUT2D eigenvalue weighted by atomic mass is 16.3. The molecule has 0 spiro atoms. The van der Waals surface area contributed by atoms with Gasteiger partial charge in [-0.05, 0) is 43.4 Å². The van der Waals surface area contributed by atoms with Crippen molar-refractivity contribution in [2.45, 2.75) is 50.6 Å². The molecule has 0 atom stereocenters. The van der Waals surface area contributed by atoms with Crippen LogP contribution >= 0.6 is 0 Å². The Morgan fingerprint density at radius 2 is 1.27 bits per heavy atom. The Morgan fingerprint density at radius 1 is 0.808 bits per heavy atom. The van der Waals surface area contributed by atoms with Crippen LogP contribution in [0.25, 0.3) is 5.57 Å². The number of benzene rings is 2. The number of phenols is 2. The third-order valence-corrected chi connectivity index (χ3v) is 5.98. The van der Waals surface area contributed by atoms with Gasteiger partial charge in [0.15, 0.2) is 0 Å². The molecule has 2 aliphatic rings. The van der Waals surface area contributed by atoms with Crippen molar-refractivity contribution in [3.05, 3.63) is 65.7 Å². The van der Waals surface area contributed by atoms with Crippen LogP contribution in [0.2, 0.25) is 0 Å². The third-order valence-electron chi connectivity index (χ3n) is 5.98. The molecule has 2 saturated heterocycles. The Bertz CT molecular complexity index is 729. The molecule has 136 valence electrons. The lowest BCUT2D eigenvalue weighted by Crippen LogP contribution is -2.49. The van der Waals surface area contributed by atoms with Crippen LogP contribution in [0.5, 0.6) is 11.5 Å². The maximum absolute atomic E-state index is 10.4. The highest BCUT2D eigenvalue weighted by Gasteiger charge is 2.33. The van der Waals surface area contributed by atoms with Crippen molar-refractivity contribution in [3.63, 3.8) is 0 Å². The number of hydrogen-bond donors (Lipinski definition) is 2. The minimum atomic E-state index is 0.251. The smallest absolute Gasteiger partial charge is 0.123 e. The first-order valence-electron chi connectivity index (χ1n) is 9.76. The van der Waals surface area contributed by atoms with Gasteiger partial charge in [0.25, 0.3) is 0 Å². The third kappa shape index (κ3) is 3.36. The number of nitrogens with zero attached hydrogens (tertiary/aromatic N) is 1. The van der Waals surface area contributed by atoms with Gasteiger partial charge in [-0.2, -0.15) is 0 Å². The van der Waals surface area contributed by atoms with Crippen LogP contribution in [0.15, 0.2) is 54.6 Å². The van der Waals surface area contributed by atoms with Crippen molar-refractivity contribution in [1.82, 2.24) is 4.90 Å². The number of rotatable bonds is 4. The molecule has 4 rings (SSSR count). The molecule has 2 aromatic rings. The van der Waals surface area contributed by atoms with E-state index >= 15 is 0 Å². The minimum Gasteiger partial charge on any atom is -0.507 e. The molecule has 2 aromatic carbocycles. The Morgan fingerprint density at radius 3 is 1.73 bits per heavy atom. The second-order valence-corrected chi connectivity index (χ2v) is 7.52. The number of aromatic hydroxyl groups is 2. The van der Waals surface area contributed by atoms with E-state index in [0.717, 1.165) is 23.2 Å². The first kappa shape index (κ1) is 17.2. The average molecular weight is 349 g/mol. The van der Waals surface area contributed by atoms with Crippen molar-refractivity contribution in [2.75, 3.05) is 6.54 Å². The van der Waals surface area contributed by atoms with E-state index in [4.69, 9.17) is 0 Å². The van der Waals surface area contributed by atoms with Crippen molar-refractivity contribution < 1.29 is 10.2 Å². The fraction of sp³-hybridized carbons (Fsp3) is 0.391. The molecule has 0 aromatic heterocycles. The van der Waals surface area contributed by atoms with Crippen LogP contribution in [0, 0.1) is 0 Å². The van der Waals surface area contributed by atoms with Gasteiger partial charge in [-0.25, -0.2) is 0 Å². The molecule has 0 saturated carbocycles. The molecule has 2 aliphatic heterocycles. The maximum atomic E-state index is 10.4. The van der Waals surface area contributed by atoms with Gasteiger partial charge < -0.3 is 10.2 Å². The van der Waals surface area contributed by atoms with Gasteiger partial charge in [0.1, 0.15) is 11.5 Å². The van der Waals surface area contributed by atoms with Crippen LogP contribution in [-0.2, 0) is 0 Å². The lowest BCUT2D eigenvalue weighted by atomic mass is 9.84. The van der Waals surface area contributed by atoms with Gasteiger partial charge in [0, 0.05) is 29.8 Å². The highest BCUT2D eigenvalue weighted by Crippen LogP contribution is 2.37. The fourth-order valence-electron chi connectivity index (χ4n) is 4.69. The Kier molecular flexibility index (Phi) is 4.98. The Hall–Kier alpha value is -2.26. The minimum absolute atomic E-state index is 0.251. The summed E-state index contributed by atoms with van der Waals surface area (Å²) < 4.78 is 0. The zero-order valence-corrected chi connectivity index (χ0v) is 15.1. The quantitative estimate of drug-likeness (QED) is 0.822. The molecule has 0 amide bonds. The standard InChI is InChI=1S/C23H27NO2/c25-22-13-3-1-11-20(22)19(21-12-2-4-14-23(21)26)15-16-24-17-7-5-8-18(24)10-6-9-17/h1-4,11-15,17-18,25-26H,5-10,16H2. The van der Waals surface area contributed by atoms with Gasteiger partial charge in [0.2, 0.25) is 0 Å². The molecular formula is C23H27NO2. The van der Waals surface area contributed by atoms with Crippen molar-refractivity contribution in [2.24, 2.45) is 0 Å². The van der Waals surface area contributed by atoms with E-state index < -0.39 is 0 Å². The Balaban J connectivity index is 1.70. The Labute approximate surface area is 155 Å². The van der Waals surface area contributed by atoms with Gasteiger partial charge in [-0.3, -0.25) is 4.90 Å². The summed E-state index contributed by atoms with van der Waals surface area (Å²) in [5.41, 5.74) is 2.46. The molecular weight excluding hydrogens is 322 g/mol. The zero-order valence-electron chi connectivity index (χ0n) is 15.1. The molecule has 0 aliphatic carbocycles. The van der Waals surface area contributed by atoms with E-state index in [1.165, 1.54) is 38.5 Å². The summed E-state index contributed by atoms with van der Waals surface area (Å²) in [6, 6.07) is 16.2. The van der Waals surface area contributed by atoms with Gasteiger partial charge in [-0.15, -0.1) is 0 Å². The average Bonchev–Trinajstić information content (AvgIpc) is 2.64. The summed E-state index contributed by atoms with van der Waals surface area (Å²) in [5, 5.41) is 20.8. The van der Waals surface area contributed by atoms with E-state index in [-0.39, 0.29) is 11.5 Å². The van der Waals surface area contributed by atoms with E-state index in [9.17, 15) is 10.2 Å². The zero-order chi connectivity index (χ0) is 17.9. The topological polar surface area (TPSA) is 43.7 Å². The van der Waals surface area contributed by atoms with E-state index in [2.05, 4.69) is 11.0 Å². The van der Waals surface area contributed by atoms with Crippen LogP contribution in [0.1, 0.15) is 49.7 Å². The fourth-order valence-corrected chi connectivity index (χ4v) is 4.69. The van der Waals surface area contributed by atoms with E-state index in [1.54, 1.807) is 12.1 Å². The number of para-hydroxylation sites is 2. The number of piperidine rings is 2. The lowest BCUT2D eigenvalue weighted by Gasteiger charge is -2.46. The second kappa shape index (κ2) is 7.55. The van der Waals surface area contributed by atoms with E-state index in [0.29, 0.717) is 12.1 Å². The molecule has 3 nitrogen and oxygen atoms in total. The van der Waals surface area contributed by atoms with E-state index in [1.807, 2.05) is 36.4 Å². The normalized spacial score (nSPS) is 22.8. The van der Waals surface area contributed by atoms with Gasteiger partial charge >= 0.3 is 0 Å². The van der Waals surface area contributed by atoms with Gasteiger partial charge in [0.05, 0.1) is 0 Å². The lowest BCUT2D eigenvalue weighted by molar-refractivity contribution is 0.0522. The van der Waals surface area contributed by atoms with Crippen molar-refractivity contribution in [3.8, 4) is 11.5 Å². The monoisotopic (exact) mass is 349 g/mol. The summed E-state index contributed by atoms with van der Waals surface area (Å²) in [6.45, 7) is 0.868. The molecule has 2 N–H and O–H groups in total. The first-order valence-corrected chi connectivity index (χ1v) is 9.76. The first-order chi connectivity index (χ1) is 12.7. The van der Waals surface area contributed by atoms with Crippen LogP contribution in [0.3, 0.4) is 0 Å². The van der Waals surface area contributed by atoms with Crippen molar-refractivity contribution in [1.29, 1.82) is 0 Å². The summed E-state index contributed by atoms with van der Waals surface area (Å²) in [5.74, 6) is 0.502. The molecule has 26 heavy (non-hydrogen) atoms. The number of phenolic OH excluding ortho intramolecular Hbond substituents is 2. The van der Waals surface area contributed by atoms with Crippen LogP contribution in [-0.4, -0.2) is 33.7 Å².